The van der Waals surface area contributed by atoms with E-state index in [0.717, 1.165) is 5.56 Å². The van der Waals surface area contributed by atoms with Crippen LogP contribution in [0.25, 0.3) is 22.3 Å². The molecule has 37 heavy (non-hydrogen) atoms. The maximum Gasteiger partial charge on any atom is 0.516 e. The van der Waals surface area contributed by atoms with Crippen LogP contribution < -0.4 is 4.72 Å². The number of imidazole rings is 1. The fourth-order valence-electron chi connectivity index (χ4n) is 4.02. The first-order chi connectivity index (χ1) is 17.4. The van der Waals surface area contributed by atoms with Crippen LogP contribution in [0.4, 0.5) is 18.9 Å². The molecule has 0 atom stereocenters. The number of nitrogens with zero attached hydrogens (tertiary/aromatic N) is 2. The Bertz CT molecular complexity index is 1610. The highest BCUT2D eigenvalue weighted by Gasteiger charge is 2.46. The van der Waals surface area contributed by atoms with E-state index in [0.29, 0.717) is 39.8 Å². The van der Waals surface area contributed by atoms with Gasteiger partial charge in [0, 0.05) is 23.9 Å². The third-order valence-corrected chi connectivity index (χ3v) is 7.61. The van der Waals surface area contributed by atoms with Crippen LogP contribution in [-0.2, 0) is 29.4 Å². The molecule has 0 bridgehead atoms. The summed E-state index contributed by atoms with van der Waals surface area (Å²) in [5, 5.41) is 10.3. The van der Waals surface area contributed by atoms with Gasteiger partial charge in [-0.1, -0.05) is 32.0 Å². The van der Waals surface area contributed by atoms with Crippen molar-refractivity contribution in [3.05, 3.63) is 69.7 Å². The minimum Gasteiger partial charge on any atom is -0.477 e. The highest BCUT2D eigenvalue weighted by molar-refractivity contribution is 9.10. The van der Waals surface area contributed by atoms with Crippen molar-refractivity contribution in [2.75, 3.05) is 4.72 Å². The molecule has 2 aromatic carbocycles. The van der Waals surface area contributed by atoms with Crippen molar-refractivity contribution in [3.8, 4) is 11.3 Å². The molecule has 0 aliphatic heterocycles. The van der Waals surface area contributed by atoms with Gasteiger partial charge in [0.1, 0.15) is 11.4 Å². The molecule has 2 aromatic heterocycles. The Labute approximate surface area is 218 Å². The van der Waals surface area contributed by atoms with E-state index in [9.17, 15) is 31.5 Å². The molecule has 2 heterocycles. The van der Waals surface area contributed by atoms with E-state index in [4.69, 9.17) is 4.42 Å². The summed E-state index contributed by atoms with van der Waals surface area (Å²) in [6, 6.07) is 10.7. The number of hydrogen-bond donors (Lipinski definition) is 2. The standard InChI is InChI=1S/C24H21BrF3N3O5S/c1-3-16-21(23(32)33)31(19(4-2)29-16)12-13-9-10-18-15(11-13)20(25)22(36-18)14-7-5-6-8-17(14)30-37(34,35)24(26,27)28/h5-11,30H,3-4,12H2,1-2H3,(H,32,33). The summed E-state index contributed by atoms with van der Waals surface area (Å²) in [5.41, 5.74) is -3.94. The molecule has 4 rings (SSSR count). The number of sulfonamides is 1. The van der Waals surface area contributed by atoms with Gasteiger partial charge >= 0.3 is 21.5 Å². The highest BCUT2D eigenvalue weighted by atomic mass is 79.9. The van der Waals surface area contributed by atoms with Crippen molar-refractivity contribution in [2.24, 2.45) is 0 Å². The van der Waals surface area contributed by atoms with Crippen molar-refractivity contribution in [1.82, 2.24) is 9.55 Å². The van der Waals surface area contributed by atoms with Crippen LogP contribution in [0.3, 0.4) is 0 Å². The van der Waals surface area contributed by atoms with Crippen LogP contribution in [0.15, 0.2) is 51.4 Å². The number of aromatic carboxylic acids is 1. The fraction of sp³-hybridized carbons (Fsp3) is 0.250. The normalized spacial score (nSPS) is 12.3. The molecule has 196 valence electrons. The minimum atomic E-state index is -5.65. The Morgan fingerprint density at radius 1 is 1.16 bits per heavy atom. The zero-order valence-corrected chi connectivity index (χ0v) is 22.0. The van der Waals surface area contributed by atoms with E-state index in [1.54, 1.807) is 27.5 Å². The van der Waals surface area contributed by atoms with Gasteiger partial charge in [-0.25, -0.2) is 9.78 Å². The number of carbonyl (C=O) groups is 1. The molecule has 0 saturated carbocycles. The molecule has 2 N–H and O–H groups in total. The Hall–Kier alpha value is -3.32. The van der Waals surface area contributed by atoms with E-state index in [2.05, 4.69) is 20.9 Å². The number of rotatable bonds is 8. The fourth-order valence-corrected chi connectivity index (χ4v) is 5.21. The number of para-hydroxylation sites is 1. The van der Waals surface area contributed by atoms with Gasteiger partial charge in [0.15, 0.2) is 11.5 Å². The Morgan fingerprint density at radius 3 is 2.49 bits per heavy atom. The number of aromatic nitrogens is 2. The maximum atomic E-state index is 13.0. The smallest absolute Gasteiger partial charge is 0.477 e. The lowest BCUT2D eigenvalue weighted by molar-refractivity contribution is -0.0429. The number of hydrogen-bond acceptors (Lipinski definition) is 5. The molecule has 0 saturated heterocycles. The number of carboxylic acid groups (broad SMARTS) is 1. The molecule has 8 nitrogen and oxygen atoms in total. The van der Waals surface area contributed by atoms with Crippen molar-refractivity contribution in [2.45, 2.75) is 38.7 Å². The number of aryl methyl sites for hydroxylation is 2. The summed E-state index contributed by atoms with van der Waals surface area (Å²) in [6.45, 7) is 3.94. The highest BCUT2D eigenvalue weighted by Crippen LogP contribution is 2.42. The second kappa shape index (κ2) is 9.86. The largest absolute Gasteiger partial charge is 0.516 e. The topological polar surface area (TPSA) is 114 Å². The van der Waals surface area contributed by atoms with Crippen LogP contribution in [0.1, 0.15) is 41.4 Å². The number of alkyl halides is 3. The summed E-state index contributed by atoms with van der Waals surface area (Å²) in [6.07, 6.45) is 1.00. The molecule has 0 spiro atoms. The van der Waals surface area contributed by atoms with Gasteiger partial charge in [0.2, 0.25) is 0 Å². The van der Waals surface area contributed by atoms with Crippen LogP contribution in [0.2, 0.25) is 0 Å². The van der Waals surface area contributed by atoms with Gasteiger partial charge in [-0.2, -0.15) is 21.6 Å². The summed E-state index contributed by atoms with van der Waals surface area (Å²) >= 11 is 3.44. The second-order valence-corrected chi connectivity index (χ2v) is 10.6. The average molecular weight is 600 g/mol. The summed E-state index contributed by atoms with van der Waals surface area (Å²) in [4.78, 5) is 16.4. The lowest BCUT2D eigenvalue weighted by Crippen LogP contribution is -2.30. The summed E-state index contributed by atoms with van der Waals surface area (Å²) in [5.74, 6) is -0.314. The summed E-state index contributed by atoms with van der Waals surface area (Å²) in [7, 11) is -5.65. The molecule has 13 heteroatoms. The van der Waals surface area contributed by atoms with Gasteiger partial charge in [-0.05, 0) is 52.2 Å². The number of fused-ring (bicyclic) bond motifs is 1. The molecular formula is C24H21BrF3N3O5S. The first kappa shape index (κ1) is 26.7. The van der Waals surface area contributed by atoms with Gasteiger partial charge in [0.05, 0.1) is 15.9 Å². The molecule has 0 unspecified atom stereocenters. The monoisotopic (exact) mass is 599 g/mol. The third-order valence-electron chi connectivity index (χ3n) is 5.73. The quantitative estimate of drug-likeness (QED) is 0.249. The first-order valence-electron chi connectivity index (χ1n) is 11.1. The predicted molar refractivity (Wildman–Crippen MR) is 135 cm³/mol. The molecular weight excluding hydrogens is 579 g/mol. The lowest BCUT2D eigenvalue weighted by Gasteiger charge is -2.13. The molecule has 0 fully saturated rings. The number of carboxylic acids is 1. The molecule has 4 aromatic rings. The third kappa shape index (κ3) is 4.97. The van der Waals surface area contributed by atoms with Crippen molar-refractivity contribution >= 4 is 48.6 Å². The number of halogens is 4. The van der Waals surface area contributed by atoms with Gasteiger partial charge in [-0.15, -0.1) is 0 Å². The maximum absolute atomic E-state index is 13.0. The van der Waals surface area contributed by atoms with Crippen molar-refractivity contribution in [3.63, 3.8) is 0 Å². The number of furan rings is 1. The minimum absolute atomic E-state index is 0.101. The zero-order valence-electron chi connectivity index (χ0n) is 19.6. The van der Waals surface area contributed by atoms with Crippen LogP contribution in [-0.4, -0.2) is 34.6 Å². The Balaban J connectivity index is 1.77. The van der Waals surface area contributed by atoms with E-state index < -0.39 is 21.5 Å². The number of nitrogens with one attached hydrogen (secondary N) is 1. The van der Waals surface area contributed by atoms with Crippen LogP contribution in [0, 0.1) is 0 Å². The average Bonchev–Trinajstić information content (AvgIpc) is 3.35. The van der Waals surface area contributed by atoms with Gasteiger partial charge in [-0.3, -0.25) is 4.72 Å². The van der Waals surface area contributed by atoms with Crippen LogP contribution >= 0.6 is 15.9 Å². The van der Waals surface area contributed by atoms with E-state index in [1.807, 2.05) is 13.8 Å². The second-order valence-electron chi connectivity index (χ2n) is 8.09. The van der Waals surface area contributed by atoms with Crippen molar-refractivity contribution < 1.29 is 35.9 Å². The predicted octanol–water partition coefficient (Wildman–Crippen LogP) is 6.19. The van der Waals surface area contributed by atoms with E-state index in [1.165, 1.54) is 24.3 Å². The summed E-state index contributed by atoms with van der Waals surface area (Å²) < 4.78 is 71.8. The number of anilines is 1. The number of benzene rings is 2. The molecule has 0 amide bonds. The Morgan fingerprint density at radius 2 is 1.86 bits per heavy atom. The van der Waals surface area contributed by atoms with Crippen LogP contribution in [0.5, 0.6) is 0 Å². The Kier molecular flexibility index (Phi) is 7.12. The SMILES string of the molecule is CCc1nc(CC)n(Cc2ccc3oc(-c4ccccc4NS(=O)(=O)C(F)(F)F)c(Br)c3c2)c1C(=O)O. The van der Waals surface area contributed by atoms with E-state index in [-0.39, 0.29) is 29.2 Å². The van der Waals surface area contributed by atoms with Gasteiger partial charge in [0.25, 0.3) is 0 Å². The van der Waals surface area contributed by atoms with Crippen molar-refractivity contribution in [1.29, 1.82) is 0 Å². The molecule has 0 aliphatic rings. The zero-order chi connectivity index (χ0) is 27.1. The molecule has 0 aliphatic carbocycles. The first-order valence-corrected chi connectivity index (χ1v) is 13.4. The van der Waals surface area contributed by atoms with E-state index >= 15 is 0 Å². The van der Waals surface area contributed by atoms with Gasteiger partial charge < -0.3 is 14.1 Å². The lowest BCUT2D eigenvalue weighted by atomic mass is 10.1. The molecule has 0 radical (unpaired) electrons.